The van der Waals surface area contributed by atoms with E-state index in [1.165, 1.54) is 71.0 Å². The van der Waals surface area contributed by atoms with Gasteiger partial charge in [0.05, 0.1) is 17.1 Å². The highest BCUT2D eigenvalue weighted by molar-refractivity contribution is 8.00. The average molecular weight is 643 g/mol. The van der Waals surface area contributed by atoms with Crippen LogP contribution in [0.5, 0.6) is 0 Å². The highest BCUT2D eigenvalue weighted by Gasteiger charge is 2.34. The molecule has 0 radical (unpaired) electrons. The molecule has 3 heteroatoms. The first-order chi connectivity index (χ1) is 24.3. The predicted molar refractivity (Wildman–Crippen MR) is 207 cm³/mol. The van der Waals surface area contributed by atoms with E-state index >= 15 is 0 Å². The fraction of sp³-hybridized carbons (Fsp3) is 0. The molecule has 49 heavy (non-hydrogen) atoms. The Bertz CT molecular complexity index is 2500. The van der Waals surface area contributed by atoms with E-state index in [9.17, 15) is 0 Å². The van der Waals surface area contributed by atoms with Crippen molar-refractivity contribution in [1.29, 1.82) is 0 Å². The Morgan fingerprint density at radius 2 is 1.06 bits per heavy atom. The second-order valence-corrected chi connectivity index (χ2v) is 13.6. The maximum Gasteiger partial charge on any atom is 0.0686 e. The smallest absolute Gasteiger partial charge is 0.0686 e. The molecule has 0 saturated carbocycles. The third-order valence-electron chi connectivity index (χ3n) is 9.73. The summed E-state index contributed by atoms with van der Waals surface area (Å²) in [7, 11) is 0. The van der Waals surface area contributed by atoms with Gasteiger partial charge in [-0.1, -0.05) is 127 Å². The third-order valence-corrected chi connectivity index (χ3v) is 10.9. The van der Waals surface area contributed by atoms with Crippen molar-refractivity contribution in [1.82, 2.24) is 0 Å². The molecule has 0 spiro atoms. The number of benzene rings is 8. The molecule has 2 aliphatic rings. The molecule has 230 valence electrons. The van der Waals surface area contributed by atoms with E-state index in [4.69, 9.17) is 0 Å². The number of hydrogen-bond donors (Lipinski definition) is 0. The second kappa shape index (κ2) is 11.3. The van der Waals surface area contributed by atoms with E-state index in [2.05, 4.69) is 192 Å². The van der Waals surface area contributed by atoms with Crippen LogP contribution in [0.4, 0.5) is 34.1 Å². The van der Waals surface area contributed by atoms with Crippen LogP contribution in [0.15, 0.2) is 192 Å². The van der Waals surface area contributed by atoms with Gasteiger partial charge in [0.1, 0.15) is 0 Å². The standard InChI is InChI=1S/C46H30N2S/c1-3-16-34(17-4-1)47(35-18-5-2-6-19-35)36-20-13-15-31(28-36)32-26-27-38-40(29-32)39-22-9-10-23-42(39)48-43-24-11-12-25-44(43)49-46-37-21-8-7-14-33(37)30-41(38)45(46)48/h1-30H. The molecule has 2 aliphatic heterocycles. The van der Waals surface area contributed by atoms with Gasteiger partial charge in [0, 0.05) is 38.0 Å². The summed E-state index contributed by atoms with van der Waals surface area (Å²) in [6, 6.07) is 66.2. The van der Waals surface area contributed by atoms with Gasteiger partial charge < -0.3 is 9.80 Å². The van der Waals surface area contributed by atoms with Crippen LogP contribution in [-0.4, -0.2) is 0 Å². The van der Waals surface area contributed by atoms with Crippen LogP contribution in [0.1, 0.15) is 0 Å². The minimum absolute atomic E-state index is 1.12. The lowest BCUT2D eigenvalue weighted by atomic mass is 9.90. The molecule has 0 unspecified atom stereocenters. The Kier molecular flexibility index (Phi) is 6.46. The van der Waals surface area contributed by atoms with Crippen molar-refractivity contribution < 1.29 is 0 Å². The fourth-order valence-electron chi connectivity index (χ4n) is 7.55. The lowest BCUT2D eigenvalue weighted by Gasteiger charge is -2.35. The summed E-state index contributed by atoms with van der Waals surface area (Å²) in [5.74, 6) is 0. The molecular weight excluding hydrogens is 613 g/mol. The number of fused-ring (bicyclic) bond motifs is 9. The van der Waals surface area contributed by atoms with Crippen molar-refractivity contribution in [3.8, 4) is 33.4 Å². The molecule has 10 rings (SSSR count). The highest BCUT2D eigenvalue weighted by Crippen LogP contribution is 2.61. The van der Waals surface area contributed by atoms with Crippen LogP contribution in [0.25, 0.3) is 44.2 Å². The van der Waals surface area contributed by atoms with Crippen molar-refractivity contribution in [2.24, 2.45) is 0 Å². The first-order valence-corrected chi connectivity index (χ1v) is 17.5. The molecule has 0 fully saturated rings. The van der Waals surface area contributed by atoms with Gasteiger partial charge in [-0.3, -0.25) is 0 Å². The monoisotopic (exact) mass is 642 g/mol. The largest absolute Gasteiger partial charge is 0.310 e. The van der Waals surface area contributed by atoms with E-state index < -0.39 is 0 Å². The number of hydrogen-bond acceptors (Lipinski definition) is 3. The molecule has 0 bridgehead atoms. The van der Waals surface area contributed by atoms with Crippen molar-refractivity contribution in [2.45, 2.75) is 9.79 Å². The Labute approximate surface area is 290 Å². The molecule has 0 amide bonds. The number of rotatable bonds is 4. The minimum atomic E-state index is 1.12. The zero-order valence-corrected chi connectivity index (χ0v) is 27.4. The van der Waals surface area contributed by atoms with Crippen LogP contribution in [-0.2, 0) is 0 Å². The molecule has 2 nitrogen and oxygen atoms in total. The molecule has 0 saturated heterocycles. The van der Waals surface area contributed by atoms with Gasteiger partial charge in [-0.15, -0.1) is 0 Å². The molecule has 0 aliphatic carbocycles. The van der Waals surface area contributed by atoms with E-state index in [1.54, 1.807) is 0 Å². The fourth-order valence-corrected chi connectivity index (χ4v) is 8.77. The van der Waals surface area contributed by atoms with Crippen molar-refractivity contribution in [3.63, 3.8) is 0 Å². The van der Waals surface area contributed by atoms with Crippen LogP contribution in [0, 0.1) is 0 Å². The topological polar surface area (TPSA) is 6.48 Å². The number of anilines is 6. The molecular formula is C46H30N2S. The van der Waals surface area contributed by atoms with E-state index in [-0.39, 0.29) is 0 Å². The van der Waals surface area contributed by atoms with Crippen molar-refractivity contribution in [2.75, 3.05) is 9.80 Å². The van der Waals surface area contributed by atoms with Crippen LogP contribution in [0.2, 0.25) is 0 Å². The minimum Gasteiger partial charge on any atom is -0.310 e. The Hall–Kier alpha value is -6.03. The lowest BCUT2D eigenvalue weighted by Crippen LogP contribution is -2.15. The van der Waals surface area contributed by atoms with Crippen LogP contribution in [0.3, 0.4) is 0 Å². The zero-order valence-electron chi connectivity index (χ0n) is 26.6. The SMILES string of the molecule is c1ccc(N(c2ccccc2)c2cccc(-c3ccc4c(c3)-c3ccccc3N3c5ccccc5Sc5c3c-4cc3ccccc53)c2)cc1. The van der Waals surface area contributed by atoms with E-state index in [0.29, 0.717) is 0 Å². The number of para-hydroxylation sites is 4. The zero-order chi connectivity index (χ0) is 32.3. The number of nitrogens with zero attached hydrogens (tertiary/aromatic N) is 2. The van der Waals surface area contributed by atoms with Gasteiger partial charge >= 0.3 is 0 Å². The Morgan fingerprint density at radius 1 is 0.408 bits per heavy atom. The predicted octanol–water partition coefficient (Wildman–Crippen LogP) is 13.6. The maximum atomic E-state index is 2.51. The first kappa shape index (κ1) is 28.0. The Balaban J connectivity index is 1.20. The maximum absolute atomic E-state index is 2.51. The quantitative estimate of drug-likeness (QED) is 0.189. The molecule has 2 heterocycles. The second-order valence-electron chi connectivity index (χ2n) is 12.6. The first-order valence-electron chi connectivity index (χ1n) is 16.7. The average Bonchev–Trinajstić information content (AvgIpc) is 3.29. The molecule has 8 aromatic carbocycles. The summed E-state index contributed by atoms with van der Waals surface area (Å²) in [6.45, 7) is 0. The van der Waals surface area contributed by atoms with Crippen LogP contribution >= 0.6 is 11.8 Å². The molecule has 0 N–H and O–H groups in total. The third kappa shape index (κ3) is 4.51. The van der Waals surface area contributed by atoms with E-state index in [0.717, 1.165) is 17.1 Å². The highest BCUT2D eigenvalue weighted by atomic mass is 32.2. The van der Waals surface area contributed by atoms with Gasteiger partial charge in [0.25, 0.3) is 0 Å². The van der Waals surface area contributed by atoms with Crippen molar-refractivity contribution in [3.05, 3.63) is 182 Å². The Morgan fingerprint density at radius 3 is 1.88 bits per heavy atom. The van der Waals surface area contributed by atoms with Crippen LogP contribution < -0.4 is 9.80 Å². The normalized spacial score (nSPS) is 12.4. The summed E-state index contributed by atoms with van der Waals surface area (Å²) in [4.78, 5) is 7.43. The summed E-state index contributed by atoms with van der Waals surface area (Å²) < 4.78 is 0. The summed E-state index contributed by atoms with van der Waals surface area (Å²) >= 11 is 1.89. The molecule has 0 aromatic heterocycles. The lowest BCUT2D eigenvalue weighted by molar-refractivity contribution is 1.19. The van der Waals surface area contributed by atoms with Gasteiger partial charge in [-0.25, -0.2) is 0 Å². The van der Waals surface area contributed by atoms with E-state index in [1.807, 2.05) is 11.8 Å². The summed E-state index contributed by atoms with van der Waals surface area (Å²) in [5, 5.41) is 2.56. The van der Waals surface area contributed by atoms with Gasteiger partial charge in [-0.05, 0) is 99.8 Å². The van der Waals surface area contributed by atoms with Gasteiger partial charge in [-0.2, -0.15) is 0 Å². The molecule has 8 aromatic rings. The van der Waals surface area contributed by atoms with Gasteiger partial charge in [0.2, 0.25) is 0 Å². The summed E-state index contributed by atoms with van der Waals surface area (Å²) in [6.07, 6.45) is 0. The van der Waals surface area contributed by atoms with Crippen molar-refractivity contribution >= 4 is 56.7 Å². The molecule has 0 atom stereocenters. The summed E-state index contributed by atoms with van der Waals surface area (Å²) in [5.41, 5.74) is 14.5. The van der Waals surface area contributed by atoms with Gasteiger partial charge in [0.15, 0.2) is 0 Å².